The molecule has 17 heteroatoms. The van der Waals surface area contributed by atoms with Crippen LogP contribution in [-0.2, 0) is 54.6 Å². The van der Waals surface area contributed by atoms with E-state index in [1.807, 2.05) is 38.2 Å². The van der Waals surface area contributed by atoms with Crippen LogP contribution in [0.2, 0.25) is 0 Å². The number of nitrogens with one attached hydrogen (secondary N) is 3. The zero-order valence-electron chi connectivity index (χ0n) is 39.1. The number of ether oxygens (including phenoxy) is 2. The number of phenolic OH excluding ortho intramolecular Hbond substituents is 1. The number of likely N-dealkylation sites (N-methyl/N-ethyl adjacent to an activating group) is 1. The summed E-state index contributed by atoms with van der Waals surface area (Å²) in [6.07, 6.45) is 5.59. The van der Waals surface area contributed by atoms with E-state index in [0.717, 1.165) is 49.3 Å². The van der Waals surface area contributed by atoms with E-state index in [4.69, 9.17) is 9.47 Å². The first-order valence-electron chi connectivity index (χ1n) is 23.2. The van der Waals surface area contributed by atoms with Gasteiger partial charge in [0.15, 0.2) is 6.04 Å². The van der Waals surface area contributed by atoms with Gasteiger partial charge in [-0.05, 0) is 90.3 Å². The highest BCUT2D eigenvalue weighted by molar-refractivity contribution is 5.96. The minimum absolute atomic E-state index is 0.00882. The molecule has 3 fully saturated rings. The van der Waals surface area contributed by atoms with E-state index < -0.39 is 47.4 Å². The van der Waals surface area contributed by atoms with Crippen LogP contribution in [0.15, 0.2) is 54.9 Å². The molecule has 2 aromatic carbocycles. The molecule has 17 nitrogen and oxygen atoms in total. The van der Waals surface area contributed by atoms with Crippen molar-refractivity contribution in [1.82, 2.24) is 40.5 Å². The van der Waals surface area contributed by atoms with E-state index in [1.165, 1.54) is 10.0 Å². The molecule has 6 heterocycles. The number of amides is 3. The first kappa shape index (κ1) is 46.6. The zero-order chi connectivity index (χ0) is 47.0. The van der Waals surface area contributed by atoms with Gasteiger partial charge < -0.3 is 34.7 Å². The van der Waals surface area contributed by atoms with E-state index in [2.05, 4.69) is 58.5 Å². The fraction of sp³-hybridized carbons (Fsp3) is 0.531. The Morgan fingerprint density at radius 1 is 1.11 bits per heavy atom. The van der Waals surface area contributed by atoms with Crippen LogP contribution in [0.3, 0.4) is 0 Å². The molecular weight excluding hydrogens is 843 g/mol. The lowest BCUT2D eigenvalue weighted by Crippen LogP contribution is -2.62. The highest BCUT2D eigenvalue weighted by Gasteiger charge is 2.46. The standard InChI is InChI=1S/C49H63N9O8/c1-8-56-42-12-11-31-22-36(42)37(44(56)38-24-50-15-13-32(38)27-65-7)23-49(4,5)28-66-48(63)39-10-9-16-57(53-39)47(62)40(20-30-18-33(31)21-35(59)19-30)52-45(60)43(29(2)3)54(6)58(64)34-14-17-55(26-34)46(61)41-25-51-41/h11-13,15,18-19,21-22,24,29,34,39-41,43,51,53H,8-10,14,16-17,20,23,25-28H2,1-7H3,(H-,52,59,60)/p+1/t34-,39-,40-,41+,43-/m0/s1. The molecule has 3 amide bonds. The Morgan fingerprint density at radius 2 is 1.89 bits per heavy atom. The van der Waals surface area contributed by atoms with Crippen LogP contribution in [0.5, 0.6) is 5.75 Å². The number of nitroso groups, excluding NO2 is 1. The lowest BCUT2D eigenvalue weighted by atomic mass is 9.84. The SMILES string of the molecule is CCn1c(-c2cnccc2COC)c2c3cc(ccc31)-c1cc(O)cc(c1)C[C@H](NC(=O)[C@H](C(C)C)N(C)[N+](=O)[C@H]1CCN(C(=O)[C@H]3CN3)C1)C(=O)N1CCC[C@H](N1)C(=O)OCC(C)(C)C2. The van der Waals surface area contributed by atoms with Crippen molar-refractivity contribution in [2.45, 2.75) is 110 Å². The van der Waals surface area contributed by atoms with Crippen molar-refractivity contribution in [3.63, 3.8) is 0 Å². The van der Waals surface area contributed by atoms with E-state index in [9.17, 15) is 29.2 Å². The van der Waals surface area contributed by atoms with Crippen LogP contribution in [0, 0.1) is 16.2 Å². The normalized spacial score (nSPS) is 22.5. The first-order valence-corrected chi connectivity index (χ1v) is 23.2. The Hall–Kier alpha value is -5.91. The Balaban J connectivity index is 1.17. The summed E-state index contributed by atoms with van der Waals surface area (Å²) in [5, 5.41) is 21.1. The van der Waals surface area contributed by atoms with Gasteiger partial charge in [0.1, 0.15) is 22.7 Å². The molecule has 4 aliphatic rings. The van der Waals surface area contributed by atoms with Crippen LogP contribution in [0.4, 0.5) is 0 Å². The highest BCUT2D eigenvalue weighted by Crippen LogP contribution is 2.41. The maximum Gasteiger partial charge on any atom is 0.324 e. The Bertz CT molecular complexity index is 2520. The number of hydrazine groups is 2. The topological polar surface area (TPSA) is 201 Å². The Labute approximate surface area is 385 Å². The summed E-state index contributed by atoms with van der Waals surface area (Å²) < 4.78 is 14.0. The number of carbonyl (C=O) groups excluding carboxylic acids is 4. The summed E-state index contributed by atoms with van der Waals surface area (Å²) >= 11 is 0. The number of pyridine rings is 1. The van der Waals surface area contributed by atoms with Gasteiger partial charge in [-0.15, -0.1) is 5.01 Å². The molecule has 0 spiro atoms. The van der Waals surface area contributed by atoms with Gasteiger partial charge in [-0.3, -0.25) is 29.2 Å². The van der Waals surface area contributed by atoms with Crippen LogP contribution in [0.25, 0.3) is 33.3 Å². The third-order valence-electron chi connectivity index (χ3n) is 13.4. The number of carbonyl (C=O) groups is 4. The van der Waals surface area contributed by atoms with Crippen molar-refractivity contribution in [3.05, 3.63) is 76.5 Å². The molecule has 4 aliphatic heterocycles. The summed E-state index contributed by atoms with van der Waals surface area (Å²) in [7, 11) is 3.24. The minimum Gasteiger partial charge on any atom is -0.508 e. The predicted molar refractivity (Wildman–Crippen MR) is 247 cm³/mol. The molecular formula is C49H64N9O8+. The molecule has 352 valence electrons. The van der Waals surface area contributed by atoms with Crippen LogP contribution in [0.1, 0.15) is 70.6 Å². The number of phenols is 1. The number of aromatic nitrogens is 2. The number of rotatable bonds is 11. The maximum atomic E-state index is 14.7. The summed E-state index contributed by atoms with van der Waals surface area (Å²) in [6, 6.07) is 9.72. The molecule has 0 aliphatic carbocycles. The van der Waals surface area contributed by atoms with Crippen molar-refractivity contribution in [3.8, 4) is 28.1 Å². The number of likely N-dealkylation sites (tertiary alicyclic amines) is 1. The third kappa shape index (κ3) is 9.65. The smallest absolute Gasteiger partial charge is 0.324 e. The number of benzene rings is 2. The minimum atomic E-state index is -1.16. The Kier molecular flexibility index (Phi) is 13.5. The van der Waals surface area contributed by atoms with Crippen LogP contribution >= 0.6 is 0 Å². The predicted octanol–water partition coefficient (Wildman–Crippen LogP) is 4.11. The molecule has 0 saturated carbocycles. The van der Waals surface area contributed by atoms with Crippen molar-refractivity contribution < 1.29 is 38.6 Å². The average molecular weight is 907 g/mol. The summed E-state index contributed by atoms with van der Waals surface area (Å²) in [5.74, 6) is -1.88. The molecule has 66 heavy (non-hydrogen) atoms. The van der Waals surface area contributed by atoms with E-state index in [0.29, 0.717) is 57.5 Å². The van der Waals surface area contributed by atoms with Gasteiger partial charge in [-0.1, -0.05) is 39.8 Å². The van der Waals surface area contributed by atoms with Gasteiger partial charge >= 0.3 is 5.97 Å². The number of aromatic hydroxyl groups is 1. The molecule has 6 bridgehead atoms. The van der Waals surface area contributed by atoms with Gasteiger partial charge in [-0.25, -0.2) is 5.43 Å². The van der Waals surface area contributed by atoms with E-state index in [-0.39, 0.29) is 49.7 Å². The average Bonchev–Trinajstić information content (AvgIpc) is 3.95. The van der Waals surface area contributed by atoms with Crippen molar-refractivity contribution in [1.29, 1.82) is 0 Å². The number of methoxy groups -OCH3 is 1. The first-order chi connectivity index (χ1) is 31.6. The molecule has 5 atom stereocenters. The highest BCUT2D eigenvalue weighted by atomic mass is 16.5. The second kappa shape index (κ2) is 19.1. The Morgan fingerprint density at radius 3 is 2.62 bits per heavy atom. The quantitative estimate of drug-likeness (QED) is 0.0728. The lowest BCUT2D eigenvalue weighted by molar-refractivity contribution is -0.732. The summed E-state index contributed by atoms with van der Waals surface area (Å²) in [4.78, 5) is 76.8. The number of hydrogen-bond donors (Lipinski definition) is 4. The molecule has 0 unspecified atom stereocenters. The molecule has 4 aromatic rings. The van der Waals surface area contributed by atoms with Crippen molar-refractivity contribution in [2.24, 2.45) is 11.3 Å². The number of aryl methyl sites for hydroxylation is 1. The second-order valence-corrected chi connectivity index (χ2v) is 19.4. The third-order valence-corrected chi connectivity index (χ3v) is 13.4. The number of esters is 1. The fourth-order valence-corrected chi connectivity index (χ4v) is 10.0. The zero-order valence-corrected chi connectivity index (χ0v) is 39.1. The largest absolute Gasteiger partial charge is 0.508 e. The van der Waals surface area contributed by atoms with Crippen LogP contribution < -0.4 is 16.1 Å². The van der Waals surface area contributed by atoms with Crippen LogP contribution in [-0.4, -0.2) is 135 Å². The fourth-order valence-electron chi connectivity index (χ4n) is 10.0. The molecule has 4 N–H and O–H groups in total. The van der Waals surface area contributed by atoms with Gasteiger partial charge in [0.2, 0.25) is 11.8 Å². The molecule has 2 aromatic heterocycles. The molecule has 0 radical (unpaired) electrons. The van der Waals surface area contributed by atoms with E-state index >= 15 is 0 Å². The molecule has 3 saturated heterocycles. The maximum absolute atomic E-state index is 14.7. The number of hydrogen-bond acceptors (Lipinski definition) is 11. The summed E-state index contributed by atoms with van der Waals surface area (Å²) in [5.41, 5.74) is 9.74. The van der Waals surface area contributed by atoms with E-state index in [1.54, 1.807) is 37.4 Å². The van der Waals surface area contributed by atoms with Crippen molar-refractivity contribution in [2.75, 3.05) is 46.9 Å². The monoisotopic (exact) mass is 906 g/mol. The number of cyclic esters (lactones) is 1. The summed E-state index contributed by atoms with van der Waals surface area (Å²) in [6.45, 7) is 12.7. The van der Waals surface area contributed by atoms with Gasteiger partial charge in [0.05, 0.1) is 43.4 Å². The lowest BCUT2D eigenvalue weighted by Gasteiger charge is -2.36. The van der Waals surface area contributed by atoms with Gasteiger partial charge in [0, 0.05) is 80.4 Å². The van der Waals surface area contributed by atoms with Gasteiger partial charge in [-0.2, -0.15) is 0 Å². The second-order valence-electron chi connectivity index (χ2n) is 19.4. The molecule has 8 rings (SSSR count). The number of nitrogens with zero attached hydrogens (tertiary/aromatic N) is 6. The van der Waals surface area contributed by atoms with Gasteiger partial charge in [0.25, 0.3) is 11.9 Å². The number of fused-ring (bicyclic) bond motifs is 6. The van der Waals surface area contributed by atoms with Crippen molar-refractivity contribution >= 4 is 34.6 Å².